The van der Waals surface area contributed by atoms with Crippen LogP contribution in [0.2, 0.25) is 0 Å². The van der Waals surface area contributed by atoms with E-state index < -0.39 is 0 Å². The molecule has 18 aromatic carbocycles. The fraction of sp³-hybridized carbons (Fsp3) is 0. The number of rotatable bonds is 12. The van der Waals surface area contributed by atoms with Gasteiger partial charge in [0.15, 0.2) is 0 Å². The molecule has 0 saturated heterocycles. The first-order valence-corrected chi connectivity index (χ1v) is 38.5. The number of fused-ring (bicyclic) bond motifs is 12. The molecule has 0 saturated carbocycles. The molecular formula is C108H72N4. The summed E-state index contributed by atoms with van der Waals surface area (Å²) in [6.07, 6.45) is 0. The number of aromatic nitrogens is 4. The van der Waals surface area contributed by atoms with Gasteiger partial charge in [-0.3, -0.25) is 0 Å². The molecule has 22 rings (SSSR count). The highest BCUT2D eigenvalue weighted by atomic mass is 15.0. The van der Waals surface area contributed by atoms with Gasteiger partial charge in [-0.1, -0.05) is 309 Å². The summed E-state index contributed by atoms with van der Waals surface area (Å²) in [7, 11) is 0. The van der Waals surface area contributed by atoms with Gasteiger partial charge in [-0.25, -0.2) is 0 Å². The van der Waals surface area contributed by atoms with Crippen LogP contribution in [-0.4, -0.2) is 18.3 Å². The van der Waals surface area contributed by atoms with E-state index in [0.29, 0.717) is 0 Å². The van der Waals surface area contributed by atoms with Crippen LogP contribution in [0.1, 0.15) is 0 Å². The fourth-order valence-corrected chi connectivity index (χ4v) is 17.2. The third-order valence-electron chi connectivity index (χ3n) is 22.7. The molecule has 0 aliphatic carbocycles. The zero-order valence-corrected chi connectivity index (χ0v) is 61.4. The molecule has 0 unspecified atom stereocenters. The molecule has 4 heterocycles. The predicted molar refractivity (Wildman–Crippen MR) is 474 cm³/mol. The summed E-state index contributed by atoms with van der Waals surface area (Å²) in [6, 6.07) is 159. The second kappa shape index (κ2) is 27.7. The van der Waals surface area contributed by atoms with Gasteiger partial charge in [-0.15, -0.1) is 0 Å². The molecule has 22 aromatic rings. The van der Waals surface area contributed by atoms with Crippen molar-refractivity contribution in [1.29, 1.82) is 0 Å². The normalized spacial score (nSPS) is 11.6. The highest BCUT2D eigenvalue weighted by Crippen LogP contribution is 2.42. The minimum atomic E-state index is 1.15. The van der Waals surface area contributed by atoms with E-state index in [1.165, 1.54) is 188 Å². The third-order valence-corrected chi connectivity index (χ3v) is 22.7. The van der Waals surface area contributed by atoms with Crippen molar-refractivity contribution in [2.75, 3.05) is 0 Å². The van der Waals surface area contributed by atoms with Crippen molar-refractivity contribution in [2.24, 2.45) is 0 Å². The molecule has 4 nitrogen and oxygen atoms in total. The number of benzene rings is 18. The van der Waals surface area contributed by atoms with Crippen LogP contribution >= 0.6 is 0 Å². The molecule has 0 bridgehead atoms. The van der Waals surface area contributed by atoms with E-state index in [9.17, 15) is 0 Å². The first kappa shape index (κ1) is 65.5. The maximum Gasteiger partial charge on any atom is 0.0541 e. The maximum atomic E-state index is 2.40. The maximum absolute atomic E-state index is 2.40. The van der Waals surface area contributed by atoms with E-state index in [0.717, 1.165) is 11.4 Å². The van der Waals surface area contributed by atoms with Crippen LogP contribution in [0.15, 0.2) is 437 Å². The van der Waals surface area contributed by atoms with Gasteiger partial charge >= 0.3 is 0 Å². The van der Waals surface area contributed by atoms with Gasteiger partial charge in [0.05, 0.1) is 44.1 Å². The summed E-state index contributed by atoms with van der Waals surface area (Å²) >= 11 is 0. The topological polar surface area (TPSA) is 19.7 Å². The van der Waals surface area contributed by atoms with Gasteiger partial charge < -0.3 is 18.3 Å². The zero-order valence-electron chi connectivity index (χ0n) is 61.4. The van der Waals surface area contributed by atoms with Crippen molar-refractivity contribution in [3.05, 3.63) is 437 Å². The first-order valence-electron chi connectivity index (χ1n) is 38.5. The van der Waals surface area contributed by atoms with E-state index in [4.69, 9.17) is 0 Å². The lowest BCUT2D eigenvalue weighted by Crippen LogP contribution is -1.94. The predicted octanol–water partition coefficient (Wildman–Crippen LogP) is 29.1. The van der Waals surface area contributed by atoms with Crippen LogP contribution < -0.4 is 0 Å². The van der Waals surface area contributed by atoms with Crippen molar-refractivity contribution in [2.45, 2.75) is 0 Å². The zero-order chi connectivity index (χ0) is 74.0. The van der Waals surface area contributed by atoms with E-state index in [1.54, 1.807) is 0 Å². The smallest absolute Gasteiger partial charge is 0.0541 e. The molecule has 0 aliphatic rings. The standard InChI is InChI=1S/2C54H36N2/c1-3-12-37(13-4-1)41-14-11-15-42(34-41)38-22-24-39(25-23-38)43-28-33-54-50(35-43)48-19-8-10-21-52(48)56(54)46-30-26-40(27-31-46)44-29-32-53-49(36-44)47-18-7-9-20-51(47)55(53)45-16-5-2-6-17-45;1-3-11-37(12-4-1)38-19-21-39(22-20-38)40-23-25-41(26-24-40)43-29-34-54-50(35-43)48-16-8-10-18-52(48)56(54)46-31-27-42(28-32-46)44-30-33-53-49(36-44)47-15-7-9-17-51(47)55(53)45-13-5-2-6-14-45/h2*1-36H. The Labute approximate surface area is 649 Å². The lowest BCUT2D eigenvalue weighted by atomic mass is 9.96. The van der Waals surface area contributed by atoms with Gasteiger partial charge in [0, 0.05) is 65.8 Å². The summed E-state index contributed by atoms with van der Waals surface area (Å²) in [5.74, 6) is 0. The second-order valence-corrected chi connectivity index (χ2v) is 29.1. The number of hydrogen-bond donors (Lipinski definition) is 0. The lowest BCUT2D eigenvalue weighted by molar-refractivity contribution is 1.18. The van der Waals surface area contributed by atoms with Gasteiger partial charge in [0.25, 0.3) is 0 Å². The van der Waals surface area contributed by atoms with Crippen LogP contribution in [0.4, 0.5) is 0 Å². The Hall–Kier alpha value is -14.8. The molecule has 4 aromatic heterocycles. The quantitative estimate of drug-likeness (QED) is 0.116. The summed E-state index contributed by atoms with van der Waals surface area (Å²) in [5, 5.41) is 10.1. The first-order chi connectivity index (χ1) is 55.5. The Morgan fingerprint density at radius 1 is 0.0982 bits per heavy atom. The van der Waals surface area contributed by atoms with Gasteiger partial charge in [0.2, 0.25) is 0 Å². The van der Waals surface area contributed by atoms with Crippen molar-refractivity contribution >= 4 is 87.2 Å². The average Bonchev–Trinajstić information content (AvgIpc) is 1.64. The SMILES string of the molecule is c1ccc(-c2ccc(-c3ccc(-c4ccc5c(c4)c4ccccc4n5-c4ccc(-c5ccc6c(c5)c5ccccc5n6-c5ccccc5)cc4)cc3)cc2)cc1.c1ccc(-c2cccc(-c3ccc(-c4ccc5c(c4)c4ccccc4n5-c4ccc(-c5ccc6c(c5)c5ccccc5n6-c5ccccc5)cc4)cc3)c2)cc1. The van der Waals surface area contributed by atoms with Crippen LogP contribution in [0.3, 0.4) is 0 Å². The van der Waals surface area contributed by atoms with E-state index >= 15 is 0 Å². The van der Waals surface area contributed by atoms with Crippen molar-refractivity contribution in [3.8, 4) is 112 Å². The van der Waals surface area contributed by atoms with Crippen molar-refractivity contribution in [3.63, 3.8) is 0 Å². The van der Waals surface area contributed by atoms with Crippen molar-refractivity contribution < 1.29 is 0 Å². The van der Waals surface area contributed by atoms with Crippen LogP contribution in [0.5, 0.6) is 0 Å². The van der Waals surface area contributed by atoms with Gasteiger partial charge in [0.1, 0.15) is 0 Å². The molecule has 0 atom stereocenters. The fourth-order valence-electron chi connectivity index (χ4n) is 17.2. The molecule has 0 N–H and O–H groups in total. The van der Waals surface area contributed by atoms with Gasteiger partial charge in [-0.05, 0) is 216 Å². The second-order valence-electron chi connectivity index (χ2n) is 29.1. The molecule has 4 heteroatoms. The molecule has 0 spiro atoms. The van der Waals surface area contributed by atoms with E-state index in [-0.39, 0.29) is 0 Å². The molecule has 0 aliphatic heterocycles. The minimum absolute atomic E-state index is 1.15. The minimum Gasteiger partial charge on any atom is -0.309 e. The highest BCUT2D eigenvalue weighted by molar-refractivity contribution is 6.14. The largest absolute Gasteiger partial charge is 0.309 e. The summed E-state index contributed by atoms with van der Waals surface area (Å²) < 4.78 is 9.54. The van der Waals surface area contributed by atoms with E-state index in [1.807, 2.05) is 0 Å². The number of nitrogens with zero attached hydrogens (tertiary/aromatic N) is 4. The Balaban J connectivity index is 0.000000141. The summed E-state index contributed by atoms with van der Waals surface area (Å²) in [4.78, 5) is 0. The highest BCUT2D eigenvalue weighted by Gasteiger charge is 2.20. The molecule has 112 heavy (non-hydrogen) atoms. The Morgan fingerprint density at radius 2 is 0.268 bits per heavy atom. The number of para-hydroxylation sites is 6. The van der Waals surface area contributed by atoms with E-state index in [2.05, 4.69) is 455 Å². The third kappa shape index (κ3) is 11.6. The molecule has 0 amide bonds. The van der Waals surface area contributed by atoms with Gasteiger partial charge in [-0.2, -0.15) is 0 Å². The molecule has 0 fully saturated rings. The van der Waals surface area contributed by atoms with Crippen LogP contribution in [-0.2, 0) is 0 Å². The van der Waals surface area contributed by atoms with Crippen LogP contribution in [0.25, 0.3) is 199 Å². The average molecular weight is 1430 g/mol. The number of hydrogen-bond acceptors (Lipinski definition) is 0. The Kier molecular flexibility index (Phi) is 16.2. The monoisotopic (exact) mass is 1420 g/mol. The lowest BCUT2D eigenvalue weighted by Gasteiger charge is -2.11. The Morgan fingerprint density at radius 3 is 0.545 bits per heavy atom. The molecule has 524 valence electrons. The summed E-state index contributed by atoms with van der Waals surface area (Å²) in [5.41, 5.74) is 33.8. The van der Waals surface area contributed by atoms with Crippen LogP contribution in [0, 0.1) is 0 Å². The van der Waals surface area contributed by atoms with Crippen molar-refractivity contribution in [1.82, 2.24) is 18.3 Å². The Bertz CT molecular complexity index is 7270. The molecule has 0 radical (unpaired) electrons. The summed E-state index contributed by atoms with van der Waals surface area (Å²) in [6.45, 7) is 0. The molecular weight excluding hydrogens is 1350 g/mol.